The van der Waals surface area contributed by atoms with Crippen molar-refractivity contribution in [3.05, 3.63) is 95.6 Å². The SMILES string of the molecule is COc1cc(CNC(=O)[C@@H]2CCCN2C(=O)[C@H](N)C(c2ccccc2)c2ccccc2)cc(OC)c1. The zero-order chi connectivity index (χ0) is 25.5. The minimum absolute atomic E-state index is 0.189. The van der Waals surface area contributed by atoms with Crippen molar-refractivity contribution in [2.24, 2.45) is 5.73 Å². The predicted octanol–water partition coefficient (Wildman–Crippen LogP) is 3.47. The lowest BCUT2D eigenvalue weighted by atomic mass is 9.84. The number of methoxy groups -OCH3 is 2. The van der Waals surface area contributed by atoms with Crippen LogP contribution in [0.3, 0.4) is 0 Å². The molecule has 36 heavy (non-hydrogen) atoms. The summed E-state index contributed by atoms with van der Waals surface area (Å²) in [5, 5.41) is 2.98. The van der Waals surface area contributed by atoms with E-state index >= 15 is 0 Å². The maximum Gasteiger partial charge on any atom is 0.243 e. The summed E-state index contributed by atoms with van der Waals surface area (Å²) in [5.41, 5.74) is 9.43. The van der Waals surface area contributed by atoms with Crippen LogP contribution in [-0.2, 0) is 16.1 Å². The molecule has 2 amide bonds. The largest absolute Gasteiger partial charge is 0.497 e. The number of carbonyl (C=O) groups excluding carboxylic acids is 2. The van der Waals surface area contributed by atoms with Gasteiger partial charge in [-0.05, 0) is 41.7 Å². The van der Waals surface area contributed by atoms with E-state index in [0.717, 1.165) is 23.1 Å². The summed E-state index contributed by atoms with van der Waals surface area (Å²) < 4.78 is 10.6. The third kappa shape index (κ3) is 5.69. The molecule has 0 saturated carbocycles. The second-order valence-electron chi connectivity index (χ2n) is 8.95. The standard InChI is InChI=1S/C29H33N3O4/c1-35-23-16-20(17-24(18-23)36-2)19-31-28(33)25-14-9-15-32(25)29(34)27(30)26(21-10-5-3-6-11-21)22-12-7-4-8-13-22/h3-8,10-13,16-18,25-27H,9,14-15,19,30H2,1-2H3,(H,31,33)/t25-,27+/m0/s1. The van der Waals surface area contributed by atoms with Crippen LogP contribution >= 0.6 is 0 Å². The average Bonchev–Trinajstić information content (AvgIpc) is 3.42. The molecule has 1 saturated heterocycles. The fourth-order valence-corrected chi connectivity index (χ4v) is 4.84. The molecule has 0 radical (unpaired) electrons. The van der Waals surface area contributed by atoms with Gasteiger partial charge in [0.1, 0.15) is 17.5 Å². The summed E-state index contributed by atoms with van der Waals surface area (Å²) in [6, 6.07) is 23.7. The van der Waals surface area contributed by atoms with E-state index < -0.39 is 12.1 Å². The molecule has 1 fully saturated rings. The number of hydrogen-bond donors (Lipinski definition) is 2. The van der Waals surface area contributed by atoms with Gasteiger partial charge in [0, 0.05) is 25.1 Å². The number of hydrogen-bond acceptors (Lipinski definition) is 5. The highest BCUT2D eigenvalue weighted by molar-refractivity contribution is 5.91. The number of ether oxygens (including phenoxy) is 2. The van der Waals surface area contributed by atoms with Crippen LogP contribution < -0.4 is 20.5 Å². The van der Waals surface area contributed by atoms with Gasteiger partial charge < -0.3 is 25.4 Å². The number of nitrogens with zero attached hydrogens (tertiary/aromatic N) is 1. The molecule has 188 valence electrons. The van der Waals surface area contributed by atoms with E-state index in [1.165, 1.54) is 0 Å². The fourth-order valence-electron chi connectivity index (χ4n) is 4.84. The fraction of sp³-hybridized carbons (Fsp3) is 0.310. The van der Waals surface area contributed by atoms with Crippen LogP contribution in [0.15, 0.2) is 78.9 Å². The minimum atomic E-state index is -0.814. The molecule has 0 aromatic heterocycles. The monoisotopic (exact) mass is 487 g/mol. The molecule has 2 atom stereocenters. The highest BCUT2D eigenvalue weighted by atomic mass is 16.5. The summed E-state index contributed by atoms with van der Waals surface area (Å²) in [5.74, 6) is 0.581. The molecule has 0 bridgehead atoms. The van der Waals surface area contributed by atoms with E-state index in [9.17, 15) is 9.59 Å². The van der Waals surface area contributed by atoms with Crippen LogP contribution in [0.5, 0.6) is 11.5 Å². The van der Waals surface area contributed by atoms with E-state index in [1.54, 1.807) is 25.2 Å². The first-order valence-corrected chi connectivity index (χ1v) is 12.2. The van der Waals surface area contributed by atoms with Crippen molar-refractivity contribution < 1.29 is 19.1 Å². The zero-order valence-electron chi connectivity index (χ0n) is 20.7. The Labute approximate surface area is 212 Å². The molecule has 7 heteroatoms. The van der Waals surface area contributed by atoms with Gasteiger partial charge >= 0.3 is 0 Å². The molecular weight excluding hydrogens is 454 g/mol. The van der Waals surface area contributed by atoms with Crippen LogP contribution in [0.1, 0.15) is 35.4 Å². The molecule has 3 aromatic rings. The zero-order valence-corrected chi connectivity index (χ0v) is 20.7. The van der Waals surface area contributed by atoms with Crippen LogP contribution in [0.4, 0.5) is 0 Å². The molecule has 3 aromatic carbocycles. The van der Waals surface area contributed by atoms with Gasteiger partial charge in [-0.25, -0.2) is 0 Å². The summed E-state index contributed by atoms with van der Waals surface area (Å²) in [4.78, 5) is 28.5. The maximum absolute atomic E-state index is 13.7. The second kappa shape index (κ2) is 11.7. The predicted molar refractivity (Wildman–Crippen MR) is 139 cm³/mol. The van der Waals surface area contributed by atoms with E-state index in [2.05, 4.69) is 5.32 Å². The maximum atomic E-state index is 13.7. The Hall–Kier alpha value is -3.84. The molecule has 1 aliphatic heterocycles. The van der Waals surface area contributed by atoms with Gasteiger partial charge in [-0.15, -0.1) is 0 Å². The lowest BCUT2D eigenvalue weighted by Crippen LogP contribution is -2.52. The van der Waals surface area contributed by atoms with E-state index in [4.69, 9.17) is 15.2 Å². The normalized spacial score (nSPS) is 16.0. The topological polar surface area (TPSA) is 93.9 Å². The first kappa shape index (κ1) is 25.3. The average molecular weight is 488 g/mol. The number of benzene rings is 3. The van der Waals surface area contributed by atoms with E-state index in [1.807, 2.05) is 72.8 Å². The Morgan fingerprint density at radius 3 is 2.03 bits per heavy atom. The van der Waals surface area contributed by atoms with Crippen LogP contribution in [0.2, 0.25) is 0 Å². The Kier molecular flexibility index (Phi) is 8.23. The lowest BCUT2D eigenvalue weighted by Gasteiger charge is -2.31. The highest BCUT2D eigenvalue weighted by Gasteiger charge is 2.39. The molecule has 1 heterocycles. The number of likely N-dealkylation sites (tertiary alicyclic amines) is 1. The first-order chi connectivity index (χ1) is 17.5. The van der Waals surface area contributed by atoms with E-state index in [-0.39, 0.29) is 17.7 Å². The third-order valence-corrected chi connectivity index (χ3v) is 6.68. The van der Waals surface area contributed by atoms with E-state index in [0.29, 0.717) is 31.0 Å². The highest BCUT2D eigenvalue weighted by Crippen LogP contribution is 2.30. The number of amides is 2. The Balaban J connectivity index is 1.49. The Bertz CT molecular complexity index is 1110. The smallest absolute Gasteiger partial charge is 0.243 e. The minimum Gasteiger partial charge on any atom is -0.497 e. The molecule has 0 aliphatic carbocycles. The van der Waals surface area contributed by atoms with Crippen molar-refractivity contribution in [3.8, 4) is 11.5 Å². The van der Waals surface area contributed by atoms with Crippen molar-refractivity contribution in [1.29, 1.82) is 0 Å². The van der Waals surface area contributed by atoms with Crippen LogP contribution in [-0.4, -0.2) is 49.6 Å². The lowest BCUT2D eigenvalue weighted by molar-refractivity contribution is -0.139. The van der Waals surface area contributed by atoms with Crippen LogP contribution in [0.25, 0.3) is 0 Å². The van der Waals surface area contributed by atoms with Gasteiger partial charge in [0.2, 0.25) is 11.8 Å². The molecule has 4 rings (SSSR count). The molecular formula is C29H33N3O4. The molecule has 3 N–H and O–H groups in total. The van der Waals surface area contributed by atoms with Gasteiger partial charge in [-0.3, -0.25) is 9.59 Å². The number of carbonyl (C=O) groups is 2. The number of nitrogens with one attached hydrogen (secondary N) is 1. The van der Waals surface area contributed by atoms with Crippen molar-refractivity contribution >= 4 is 11.8 Å². The van der Waals surface area contributed by atoms with Gasteiger partial charge in [-0.2, -0.15) is 0 Å². The van der Waals surface area contributed by atoms with Crippen molar-refractivity contribution in [1.82, 2.24) is 10.2 Å². The molecule has 0 spiro atoms. The van der Waals surface area contributed by atoms with Crippen molar-refractivity contribution in [2.75, 3.05) is 20.8 Å². The first-order valence-electron chi connectivity index (χ1n) is 12.2. The van der Waals surface area contributed by atoms with Gasteiger partial charge in [0.05, 0.1) is 20.3 Å². The number of rotatable bonds is 9. The van der Waals surface area contributed by atoms with Gasteiger partial charge in [0.15, 0.2) is 0 Å². The quantitative estimate of drug-likeness (QED) is 0.482. The molecule has 1 aliphatic rings. The van der Waals surface area contributed by atoms with Crippen molar-refractivity contribution in [3.63, 3.8) is 0 Å². The summed E-state index contributed by atoms with van der Waals surface area (Å²) in [6.45, 7) is 0.807. The number of nitrogens with two attached hydrogens (primary N) is 1. The summed E-state index contributed by atoms with van der Waals surface area (Å²) in [6.07, 6.45) is 1.36. The summed E-state index contributed by atoms with van der Waals surface area (Å²) >= 11 is 0. The third-order valence-electron chi connectivity index (χ3n) is 6.68. The Morgan fingerprint density at radius 2 is 1.50 bits per heavy atom. The molecule has 7 nitrogen and oxygen atoms in total. The second-order valence-corrected chi connectivity index (χ2v) is 8.95. The van der Waals surface area contributed by atoms with Crippen molar-refractivity contribution in [2.45, 2.75) is 37.4 Å². The van der Waals surface area contributed by atoms with Gasteiger partial charge in [0.25, 0.3) is 0 Å². The Morgan fingerprint density at radius 1 is 0.944 bits per heavy atom. The molecule has 0 unspecified atom stereocenters. The van der Waals surface area contributed by atoms with Gasteiger partial charge in [-0.1, -0.05) is 60.7 Å². The summed E-state index contributed by atoms with van der Waals surface area (Å²) in [7, 11) is 3.17. The van der Waals surface area contributed by atoms with Crippen LogP contribution in [0, 0.1) is 0 Å².